The minimum Gasteiger partial charge on any atom is -0.287 e. The zero-order valence-corrected chi connectivity index (χ0v) is 8.00. The topological polar surface area (TPSA) is 41.1 Å². The van der Waals surface area contributed by atoms with Crippen LogP contribution in [0, 0.1) is 6.92 Å². The molecule has 72 valence electrons. The number of hydrogen-bond donors (Lipinski definition) is 2. The molecule has 0 atom stereocenters. The Kier molecular flexibility index (Phi) is 2.33. The normalized spacial score (nSPS) is 18.6. The second-order valence-electron chi connectivity index (χ2n) is 3.33. The van der Waals surface area contributed by atoms with Gasteiger partial charge in [-0.25, -0.2) is 5.43 Å². The van der Waals surface area contributed by atoms with Crippen LogP contribution >= 0.6 is 0 Å². The van der Waals surface area contributed by atoms with Gasteiger partial charge in [0.1, 0.15) is 0 Å². The number of benzene rings is 1. The minimum absolute atomic E-state index is 0.0340. The lowest BCUT2D eigenvalue weighted by Gasteiger charge is -1.99. The highest BCUT2D eigenvalue weighted by molar-refractivity contribution is 5.99. The number of aryl methyl sites for hydroxylation is 1. The van der Waals surface area contributed by atoms with Crippen molar-refractivity contribution < 1.29 is 4.79 Å². The zero-order chi connectivity index (χ0) is 9.97. The number of carbonyl (C=O) groups excluding carboxylic acids is 1. The molecule has 3 heteroatoms. The van der Waals surface area contributed by atoms with Gasteiger partial charge in [-0.2, -0.15) is 0 Å². The van der Waals surface area contributed by atoms with E-state index < -0.39 is 0 Å². The van der Waals surface area contributed by atoms with Gasteiger partial charge in [0.2, 0.25) is 0 Å². The second kappa shape index (κ2) is 3.64. The first-order valence-corrected chi connectivity index (χ1v) is 4.57. The van der Waals surface area contributed by atoms with Gasteiger partial charge in [-0.05, 0) is 24.1 Å². The maximum absolute atomic E-state index is 11.2. The SMILES string of the molecule is Cc1ccccc1/C=C1\CNNC1=O. The summed E-state index contributed by atoms with van der Waals surface area (Å²) in [6.45, 7) is 2.62. The molecule has 1 fully saturated rings. The Bertz CT molecular complexity index is 396. The lowest BCUT2D eigenvalue weighted by atomic mass is 10.1. The molecule has 1 aliphatic heterocycles. The van der Waals surface area contributed by atoms with Gasteiger partial charge in [0.05, 0.1) is 0 Å². The van der Waals surface area contributed by atoms with Gasteiger partial charge in [-0.3, -0.25) is 10.2 Å². The lowest BCUT2D eigenvalue weighted by molar-refractivity contribution is -0.116. The van der Waals surface area contributed by atoms with Crippen LogP contribution in [0.15, 0.2) is 29.8 Å². The predicted octanol–water partition coefficient (Wildman–Crippen LogP) is 1.01. The summed E-state index contributed by atoms with van der Waals surface area (Å²) in [7, 11) is 0. The van der Waals surface area contributed by atoms with Gasteiger partial charge in [-0.15, -0.1) is 0 Å². The highest BCUT2D eigenvalue weighted by atomic mass is 16.2. The van der Waals surface area contributed by atoms with E-state index in [0.717, 1.165) is 11.1 Å². The van der Waals surface area contributed by atoms with Crippen molar-refractivity contribution in [3.8, 4) is 0 Å². The van der Waals surface area contributed by atoms with Crippen molar-refractivity contribution >= 4 is 12.0 Å². The Morgan fingerprint density at radius 2 is 2.14 bits per heavy atom. The Hall–Kier alpha value is -1.61. The molecule has 1 aliphatic rings. The molecule has 1 saturated heterocycles. The number of carbonyl (C=O) groups is 1. The van der Waals surface area contributed by atoms with Gasteiger partial charge in [0.15, 0.2) is 0 Å². The molecule has 2 rings (SSSR count). The molecule has 1 heterocycles. The molecule has 2 N–H and O–H groups in total. The van der Waals surface area contributed by atoms with E-state index in [-0.39, 0.29) is 5.91 Å². The smallest absolute Gasteiger partial charge is 0.262 e. The number of hydrogen-bond acceptors (Lipinski definition) is 2. The Morgan fingerprint density at radius 1 is 1.36 bits per heavy atom. The first-order valence-electron chi connectivity index (χ1n) is 4.57. The Balaban J connectivity index is 2.33. The highest BCUT2D eigenvalue weighted by Crippen LogP contribution is 2.12. The van der Waals surface area contributed by atoms with Crippen LogP contribution in [0.25, 0.3) is 6.08 Å². The van der Waals surface area contributed by atoms with Crippen molar-refractivity contribution in [1.82, 2.24) is 10.9 Å². The average Bonchev–Trinajstić information content (AvgIpc) is 2.56. The van der Waals surface area contributed by atoms with Gasteiger partial charge in [-0.1, -0.05) is 24.3 Å². The van der Waals surface area contributed by atoms with Gasteiger partial charge in [0.25, 0.3) is 5.91 Å². The number of nitrogens with one attached hydrogen (secondary N) is 2. The molecule has 0 aliphatic carbocycles. The molecule has 1 aromatic rings. The number of rotatable bonds is 1. The minimum atomic E-state index is -0.0340. The third-order valence-corrected chi connectivity index (χ3v) is 2.29. The molecule has 1 aromatic carbocycles. The molecule has 0 saturated carbocycles. The standard InChI is InChI=1S/C11H12N2O/c1-8-4-2-3-5-9(8)6-10-7-12-13-11(10)14/h2-6,12H,7H2,1H3,(H,13,14)/b10-6+. The summed E-state index contributed by atoms with van der Waals surface area (Å²) < 4.78 is 0. The van der Waals surface area contributed by atoms with E-state index in [1.54, 1.807) is 0 Å². The quantitative estimate of drug-likeness (QED) is 0.646. The fourth-order valence-electron chi connectivity index (χ4n) is 1.43. The van der Waals surface area contributed by atoms with Crippen molar-refractivity contribution in [3.05, 3.63) is 41.0 Å². The summed E-state index contributed by atoms with van der Waals surface area (Å²) in [5.74, 6) is -0.0340. The summed E-state index contributed by atoms with van der Waals surface area (Å²) >= 11 is 0. The summed E-state index contributed by atoms with van der Waals surface area (Å²) in [5.41, 5.74) is 8.40. The van der Waals surface area contributed by atoms with E-state index in [0.29, 0.717) is 6.54 Å². The van der Waals surface area contributed by atoms with E-state index >= 15 is 0 Å². The van der Waals surface area contributed by atoms with E-state index in [9.17, 15) is 4.79 Å². The summed E-state index contributed by atoms with van der Waals surface area (Å²) in [6.07, 6.45) is 1.92. The third kappa shape index (κ3) is 1.67. The third-order valence-electron chi connectivity index (χ3n) is 2.29. The van der Waals surface area contributed by atoms with E-state index in [2.05, 4.69) is 10.9 Å². The van der Waals surface area contributed by atoms with E-state index in [1.807, 2.05) is 37.3 Å². The molecular weight excluding hydrogens is 176 g/mol. The van der Waals surface area contributed by atoms with Crippen LogP contribution in [-0.4, -0.2) is 12.5 Å². The molecule has 0 bridgehead atoms. The molecule has 3 nitrogen and oxygen atoms in total. The van der Waals surface area contributed by atoms with Gasteiger partial charge < -0.3 is 0 Å². The maximum atomic E-state index is 11.2. The molecule has 1 amide bonds. The number of hydrazine groups is 1. The van der Waals surface area contributed by atoms with Crippen molar-refractivity contribution in [2.24, 2.45) is 0 Å². The summed E-state index contributed by atoms with van der Waals surface area (Å²) in [5, 5.41) is 0. The van der Waals surface area contributed by atoms with Crippen LogP contribution in [0.4, 0.5) is 0 Å². The highest BCUT2D eigenvalue weighted by Gasteiger charge is 2.15. The van der Waals surface area contributed by atoms with Crippen LogP contribution in [0.2, 0.25) is 0 Å². The average molecular weight is 188 g/mol. The Morgan fingerprint density at radius 3 is 2.79 bits per heavy atom. The van der Waals surface area contributed by atoms with Crippen LogP contribution < -0.4 is 10.9 Å². The van der Waals surface area contributed by atoms with Crippen LogP contribution in [0.3, 0.4) is 0 Å². The first-order chi connectivity index (χ1) is 6.77. The fraction of sp³-hybridized carbons (Fsp3) is 0.182. The van der Waals surface area contributed by atoms with Crippen LogP contribution in [-0.2, 0) is 4.79 Å². The first kappa shape index (κ1) is 8.97. The molecular formula is C11H12N2O. The molecule has 0 unspecified atom stereocenters. The summed E-state index contributed by atoms with van der Waals surface area (Å²) in [4.78, 5) is 11.2. The van der Waals surface area contributed by atoms with Crippen molar-refractivity contribution in [2.75, 3.05) is 6.54 Å². The van der Waals surface area contributed by atoms with Crippen molar-refractivity contribution in [2.45, 2.75) is 6.92 Å². The van der Waals surface area contributed by atoms with Gasteiger partial charge >= 0.3 is 0 Å². The zero-order valence-electron chi connectivity index (χ0n) is 8.00. The fourth-order valence-corrected chi connectivity index (χ4v) is 1.43. The Labute approximate surface area is 82.8 Å². The number of amides is 1. The largest absolute Gasteiger partial charge is 0.287 e. The van der Waals surface area contributed by atoms with Crippen molar-refractivity contribution in [1.29, 1.82) is 0 Å². The van der Waals surface area contributed by atoms with E-state index in [4.69, 9.17) is 0 Å². The molecule has 0 spiro atoms. The lowest BCUT2D eigenvalue weighted by Crippen LogP contribution is -2.25. The summed E-state index contributed by atoms with van der Waals surface area (Å²) in [6, 6.07) is 8.00. The van der Waals surface area contributed by atoms with Crippen LogP contribution in [0.1, 0.15) is 11.1 Å². The monoisotopic (exact) mass is 188 g/mol. The molecule has 0 aromatic heterocycles. The predicted molar refractivity (Wildman–Crippen MR) is 55.3 cm³/mol. The molecule has 14 heavy (non-hydrogen) atoms. The van der Waals surface area contributed by atoms with Crippen LogP contribution in [0.5, 0.6) is 0 Å². The second-order valence-corrected chi connectivity index (χ2v) is 3.33. The maximum Gasteiger partial charge on any atom is 0.262 e. The van der Waals surface area contributed by atoms with E-state index in [1.165, 1.54) is 5.56 Å². The molecule has 0 radical (unpaired) electrons. The van der Waals surface area contributed by atoms with Gasteiger partial charge in [0, 0.05) is 12.1 Å². The van der Waals surface area contributed by atoms with Crippen molar-refractivity contribution in [3.63, 3.8) is 0 Å².